The van der Waals surface area contributed by atoms with Crippen LogP contribution in [0.5, 0.6) is 5.75 Å². The topological polar surface area (TPSA) is 67.4 Å². The summed E-state index contributed by atoms with van der Waals surface area (Å²) in [6.07, 6.45) is 0.685. The summed E-state index contributed by atoms with van der Waals surface area (Å²) in [4.78, 5) is 25.5. The van der Waals surface area contributed by atoms with E-state index in [1.165, 1.54) is 0 Å². The van der Waals surface area contributed by atoms with Crippen molar-refractivity contribution in [3.63, 3.8) is 0 Å². The minimum atomic E-state index is -0.270. The van der Waals surface area contributed by atoms with E-state index >= 15 is 0 Å². The molecule has 0 spiro atoms. The second-order valence-electron chi connectivity index (χ2n) is 6.82. The molecule has 2 amide bonds. The summed E-state index contributed by atoms with van der Waals surface area (Å²) in [5.74, 6) is 0.00418. The lowest BCUT2D eigenvalue weighted by Gasteiger charge is -2.16. The Morgan fingerprint density at radius 2 is 1.60 bits per heavy atom. The Hall–Kier alpha value is -3.60. The molecule has 5 heteroatoms. The zero-order chi connectivity index (χ0) is 21.3. The second kappa shape index (κ2) is 10.3. The zero-order valence-corrected chi connectivity index (χ0v) is 17.2. The minimum Gasteiger partial charge on any atom is -0.492 e. The van der Waals surface area contributed by atoms with Crippen molar-refractivity contribution in [2.45, 2.75) is 26.2 Å². The van der Waals surface area contributed by atoms with Gasteiger partial charge in [0.25, 0.3) is 5.91 Å². The molecule has 154 valence electrons. The minimum absolute atomic E-state index is 0.0945. The molecular weight excluding hydrogens is 376 g/mol. The van der Waals surface area contributed by atoms with E-state index in [0.29, 0.717) is 35.7 Å². The average Bonchev–Trinajstić information content (AvgIpc) is 2.77. The number of amides is 2. The van der Waals surface area contributed by atoms with Gasteiger partial charge in [-0.25, -0.2) is 0 Å². The number of rotatable bonds is 8. The molecule has 3 rings (SSSR count). The van der Waals surface area contributed by atoms with Crippen molar-refractivity contribution < 1.29 is 14.3 Å². The van der Waals surface area contributed by atoms with Crippen molar-refractivity contribution in [2.75, 3.05) is 17.2 Å². The van der Waals surface area contributed by atoms with Gasteiger partial charge in [0.05, 0.1) is 18.2 Å². The van der Waals surface area contributed by atoms with Crippen molar-refractivity contribution in [3.05, 3.63) is 90.0 Å². The summed E-state index contributed by atoms with van der Waals surface area (Å²) in [5.41, 5.74) is 2.61. The average molecular weight is 402 g/mol. The van der Waals surface area contributed by atoms with E-state index in [1.54, 1.807) is 30.3 Å². The van der Waals surface area contributed by atoms with Crippen LogP contribution in [-0.4, -0.2) is 18.4 Å². The van der Waals surface area contributed by atoms with Crippen molar-refractivity contribution >= 4 is 23.2 Å². The first-order valence-corrected chi connectivity index (χ1v) is 10.1. The number of hydrogen-bond acceptors (Lipinski definition) is 3. The van der Waals surface area contributed by atoms with E-state index in [2.05, 4.69) is 10.6 Å². The van der Waals surface area contributed by atoms with Gasteiger partial charge < -0.3 is 15.4 Å². The molecule has 0 saturated heterocycles. The smallest absolute Gasteiger partial charge is 0.255 e. The van der Waals surface area contributed by atoms with Crippen molar-refractivity contribution in [1.82, 2.24) is 0 Å². The Labute approximate surface area is 177 Å². The number of carbonyl (C=O) groups is 2. The molecule has 5 nitrogen and oxygen atoms in total. The Kier molecular flexibility index (Phi) is 7.22. The van der Waals surface area contributed by atoms with E-state index in [1.807, 2.05) is 62.4 Å². The van der Waals surface area contributed by atoms with Crippen molar-refractivity contribution in [3.8, 4) is 5.75 Å². The molecule has 2 N–H and O–H groups in total. The first kappa shape index (κ1) is 21.1. The molecule has 0 aliphatic rings. The van der Waals surface area contributed by atoms with Crippen molar-refractivity contribution in [1.29, 1.82) is 0 Å². The van der Waals surface area contributed by atoms with Gasteiger partial charge in [0, 0.05) is 11.3 Å². The zero-order valence-electron chi connectivity index (χ0n) is 17.2. The summed E-state index contributed by atoms with van der Waals surface area (Å²) in [7, 11) is 0. The predicted molar refractivity (Wildman–Crippen MR) is 120 cm³/mol. The van der Waals surface area contributed by atoms with E-state index in [0.717, 1.165) is 5.56 Å². The van der Waals surface area contributed by atoms with Gasteiger partial charge in [-0.3, -0.25) is 9.59 Å². The van der Waals surface area contributed by atoms with Crippen molar-refractivity contribution in [2.24, 2.45) is 0 Å². The summed E-state index contributed by atoms with van der Waals surface area (Å²) >= 11 is 0. The largest absolute Gasteiger partial charge is 0.492 e. The molecule has 0 saturated carbocycles. The number of anilines is 2. The van der Waals surface area contributed by atoms with Crippen LogP contribution in [0.25, 0.3) is 0 Å². The van der Waals surface area contributed by atoms with E-state index in [9.17, 15) is 9.59 Å². The summed E-state index contributed by atoms with van der Waals surface area (Å²) < 4.78 is 5.56. The van der Waals surface area contributed by atoms with Crippen LogP contribution >= 0.6 is 0 Å². The molecule has 0 aliphatic heterocycles. The Morgan fingerprint density at radius 3 is 2.33 bits per heavy atom. The fourth-order valence-corrected chi connectivity index (χ4v) is 3.27. The highest BCUT2D eigenvalue weighted by Crippen LogP contribution is 2.25. The van der Waals surface area contributed by atoms with Crippen LogP contribution in [0.2, 0.25) is 0 Å². The van der Waals surface area contributed by atoms with E-state index < -0.39 is 0 Å². The molecule has 3 aromatic rings. The SMILES string of the molecule is CCOc1ccccc1NC(=O)c1cccc(NC(=O)[C@@H](CC)c2ccccc2)c1. The summed E-state index contributed by atoms with van der Waals surface area (Å²) in [6.45, 7) is 4.38. The van der Waals surface area contributed by atoms with Crippen LogP contribution in [-0.2, 0) is 4.79 Å². The number of ether oxygens (including phenoxy) is 1. The molecule has 0 aliphatic carbocycles. The maximum absolute atomic E-state index is 12.8. The number of nitrogens with one attached hydrogen (secondary N) is 2. The molecule has 0 heterocycles. The molecule has 1 atom stereocenters. The Balaban J connectivity index is 1.73. The molecule has 0 bridgehead atoms. The molecule has 0 fully saturated rings. The first-order valence-electron chi connectivity index (χ1n) is 10.1. The highest BCUT2D eigenvalue weighted by molar-refractivity contribution is 6.06. The van der Waals surface area contributed by atoms with Gasteiger partial charge in [-0.1, -0.05) is 55.5 Å². The maximum Gasteiger partial charge on any atom is 0.255 e. The first-order chi connectivity index (χ1) is 14.6. The third-order valence-corrected chi connectivity index (χ3v) is 4.75. The lowest BCUT2D eigenvalue weighted by Crippen LogP contribution is -2.21. The monoisotopic (exact) mass is 402 g/mol. The van der Waals surface area contributed by atoms with E-state index in [4.69, 9.17) is 4.74 Å². The highest BCUT2D eigenvalue weighted by Gasteiger charge is 2.19. The lowest BCUT2D eigenvalue weighted by molar-refractivity contribution is -0.117. The molecule has 30 heavy (non-hydrogen) atoms. The van der Waals surface area contributed by atoms with Gasteiger partial charge in [0.2, 0.25) is 5.91 Å². The third kappa shape index (κ3) is 5.26. The molecule has 0 radical (unpaired) electrons. The van der Waals surface area contributed by atoms with Crippen LogP contribution in [0, 0.1) is 0 Å². The lowest BCUT2D eigenvalue weighted by atomic mass is 9.95. The van der Waals surface area contributed by atoms with Gasteiger partial charge in [-0.15, -0.1) is 0 Å². The summed E-state index contributed by atoms with van der Waals surface area (Å²) in [6, 6.07) is 23.9. The van der Waals surface area contributed by atoms with Gasteiger partial charge in [-0.2, -0.15) is 0 Å². The normalized spacial score (nSPS) is 11.4. The van der Waals surface area contributed by atoms with Crippen LogP contribution in [0.15, 0.2) is 78.9 Å². The number of carbonyl (C=O) groups excluding carboxylic acids is 2. The molecular formula is C25H26N2O3. The quantitative estimate of drug-likeness (QED) is 0.525. The molecule has 3 aromatic carbocycles. The maximum atomic E-state index is 12.8. The number of benzene rings is 3. The van der Waals surface area contributed by atoms with Gasteiger partial charge in [-0.05, 0) is 49.2 Å². The summed E-state index contributed by atoms with van der Waals surface area (Å²) in [5, 5.41) is 5.81. The van der Waals surface area contributed by atoms with E-state index in [-0.39, 0.29) is 17.7 Å². The standard InChI is InChI=1S/C25H26N2O3/c1-3-21(18-11-6-5-7-12-18)25(29)26-20-14-10-13-19(17-20)24(28)27-22-15-8-9-16-23(22)30-4-2/h5-17,21H,3-4H2,1-2H3,(H,26,29)(H,27,28)/t21-/m0/s1. The third-order valence-electron chi connectivity index (χ3n) is 4.75. The highest BCUT2D eigenvalue weighted by atomic mass is 16.5. The Bertz CT molecular complexity index is 1000. The van der Waals surface area contributed by atoms with Crippen LogP contribution in [0.3, 0.4) is 0 Å². The van der Waals surface area contributed by atoms with Crippen LogP contribution in [0.4, 0.5) is 11.4 Å². The second-order valence-corrected chi connectivity index (χ2v) is 6.82. The molecule has 0 unspecified atom stereocenters. The predicted octanol–water partition coefficient (Wildman–Crippen LogP) is 5.47. The Morgan fingerprint density at radius 1 is 0.867 bits per heavy atom. The fourth-order valence-electron chi connectivity index (χ4n) is 3.27. The van der Waals surface area contributed by atoms with Gasteiger partial charge in [0.1, 0.15) is 5.75 Å². The van der Waals surface area contributed by atoms with Crippen LogP contribution < -0.4 is 15.4 Å². The fraction of sp³-hybridized carbons (Fsp3) is 0.200. The van der Waals surface area contributed by atoms with Crippen LogP contribution in [0.1, 0.15) is 42.1 Å². The number of para-hydroxylation sites is 2. The van der Waals surface area contributed by atoms with Gasteiger partial charge in [0.15, 0.2) is 0 Å². The molecule has 0 aromatic heterocycles. The number of hydrogen-bond donors (Lipinski definition) is 2. The van der Waals surface area contributed by atoms with Gasteiger partial charge >= 0.3 is 0 Å².